The monoisotopic (exact) mass is 625 g/mol. The van der Waals surface area contributed by atoms with Crippen LogP contribution >= 0.6 is 11.8 Å². The standard InChI is InChI=1S/C33H43N3O5S2/c1-6-9-21-34-33(38)29(7-2)35(23-26-14-12-13-25(4)22-26)32(37)24-36(30-15-10-11-16-31(30)41-8-3)43(39,40)28-19-17-27(42-5)18-20-28/h10-20,22,29H,6-9,21,23-24H2,1-5H3,(H,34,38)/t29-/m0/s1. The van der Waals surface area contributed by atoms with Gasteiger partial charge in [0.2, 0.25) is 11.8 Å². The smallest absolute Gasteiger partial charge is 0.264 e. The van der Waals surface area contributed by atoms with E-state index in [1.54, 1.807) is 48.5 Å². The number of hydrogen-bond acceptors (Lipinski definition) is 6. The number of hydrogen-bond donors (Lipinski definition) is 1. The van der Waals surface area contributed by atoms with Crippen LogP contribution < -0.4 is 14.4 Å². The molecule has 3 rings (SSSR count). The molecule has 0 saturated heterocycles. The first-order valence-electron chi connectivity index (χ1n) is 14.7. The van der Waals surface area contributed by atoms with Crippen LogP contribution in [-0.2, 0) is 26.2 Å². The first-order valence-corrected chi connectivity index (χ1v) is 17.3. The summed E-state index contributed by atoms with van der Waals surface area (Å²) in [7, 11) is -4.20. The highest BCUT2D eigenvalue weighted by Gasteiger charge is 2.34. The summed E-state index contributed by atoms with van der Waals surface area (Å²) in [5.74, 6) is -0.403. The topological polar surface area (TPSA) is 96.0 Å². The number of unbranched alkanes of at least 4 members (excludes halogenated alkanes) is 1. The van der Waals surface area contributed by atoms with E-state index in [1.165, 1.54) is 16.7 Å². The Bertz CT molecular complexity index is 1460. The Morgan fingerprint density at radius 1 is 0.977 bits per heavy atom. The lowest BCUT2D eigenvalue weighted by atomic mass is 10.1. The Balaban J connectivity index is 2.09. The molecule has 0 heterocycles. The van der Waals surface area contributed by atoms with Crippen LogP contribution in [0.25, 0.3) is 0 Å². The minimum Gasteiger partial charge on any atom is -0.492 e. The fourth-order valence-corrected chi connectivity index (χ4v) is 6.59. The van der Waals surface area contributed by atoms with E-state index in [-0.39, 0.29) is 23.0 Å². The van der Waals surface area contributed by atoms with Crippen molar-refractivity contribution in [2.24, 2.45) is 0 Å². The number of aryl methyl sites for hydroxylation is 1. The Labute approximate surface area is 260 Å². The van der Waals surface area contributed by atoms with Crippen LogP contribution in [0.15, 0.2) is 82.6 Å². The third kappa shape index (κ3) is 9.00. The Kier molecular flexibility index (Phi) is 12.9. The van der Waals surface area contributed by atoms with Gasteiger partial charge in [-0.15, -0.1) is 11.8 Å². The molecule has 0 bridgehead atoms. The number of anilines is 1. The molecule has 0 spiro atoms. The molecule has 2 amide bonds. The molecule has 0 aliphatic rings. The van der Waals surface area contributed by atoms with Crippen molar-refractivity contribution in [2.75, 3.05) is 30.3 Å². The molecule has 1 N–H and O–H groups in total. The third-order valence-electron chi connectivity index (χ3n) is 7.01. The van der Waals surface area contributed by atoms with E-state index >= 15 is 0 Å². The molecule has 0 fully saturated rings. The maximum atomic E-state index is 14.3. The average Bonchev–Trinajstić information content (AvgIpc) is 3.00. The molecule has 0 aliphatic heterocycles. The van der Waals surface area contributed by atoms with Gasteiger partial charge < -0.3 is 15.0 Å². The number of nitrogens with one attached hydrogen (secondary N) is 1. The van der Waals surface area contributed by atoms with Crippen molar-refractivity contribution >= 4 is 39.3 Å². The van der Waals surface area contributed by atoms with E-state index < -0.39 is 28.5 Å². The number of rotatable bonds is 16. The number of ether oxygens (including phenoxy) is 1. The lowest BCUT2D eigenvalue weighted by molar-refractivity contribution is -0.140. The number of thioether (sulfide) groups is 1. The molecular weight excluding hydrogens is 583 g/mol. The summed E-state index contributed by atoms with van der Waals surface area (Å²) in [6.45, 7) is 8.14. The van der Waals surface area contributed by atoms with Gasteiger partial charge in [0.15, 0.2) is 0 Å². The number of para-hydroxylation sites is 2. The largest absolute Gasteiger partial charge is 0.492 e. The third-order valence-corrected chi connectivity index (χ3v) is 9.53. The van der Waals surface area contributed by atoms with Gasteiger partial charge in [0, 0.05) is 18.0 Å². The van der Waals surface area contributed by atoms with Crippen LogP contribution in [0.4, 0.5) is 5.69 Å². The Hall–Kier alpha value is -3.50. The fraction of sp³-hybridized carbons (Fsp3) is 0.394. The van der Waals surface area contributed by atoms with Crippen molar-refractivity contribution in [3.63, 3.8) is 0 Å². The van der Waals surface area contributed by atoms with E-state index in [9.17, 15) is 18.0 Å². The van der Waals surface area contributed by atoms with Crippen molar-refractivity contribution in [3.8, 4) is 5.75 Å². The minimum absolute atomic E-state index is 0.0546. The van der Waals surface area contributed by atoms with E-state index in [0.29, 0.717) is 25.3 Å². The van der Waals surface area contributed by atoms with Gasteiger partial charge in [0.25, 0.3) is 10.0 Å². The summed E-state index contributed by atoms with van der Waals surface area (Å²) in [4.78, 5) is 30.1. The van der Waals surface area contributed by atoms with Crippen molar-refractivity contribution in [2.45, 2.75) is 69.3 Å². The lowest BCUT2D eigenvalue weighted by Crippen LogP contribution is -2.52. The predicted octanol–water partition coefficient (Wildman–Crippen LogP) is 6.03. The molecule has 43 heavy (non-hydrogen) atoms. The van der Waals surface area contributed by atoms with Gasteiger partial charge in [-0.05, 0) is 74.9 Å². The lowest BCUT2D eigenvalue weighted by Gasteiger charge is -2.33. The first-order chi connectivity index (χ1) is 20.7. The maximum absolute atomic E-state index is 14.3. The summed E-state index contributed by atoms with van der Waals surface area (Å²) < 4.78 is 35.3. The molecule has 232 valence electrons. The summed E-state index contributed by atoms with van der Waals surface area (Å²) in [5, 5.41) is 2.96. The zero-order valence-electron chi connectivity index (χ0n) is 25.7. The second-order valence-electron chi connectivity index (χ2n) is 10.2. The van der Waals surface area contributed by atoms with Crippen LogP contribution in [0.3, 0.4) is 0 Å². The normalized spacial score (nSPS) is 11.9. The summed E-state index contributed by atoms with van der Waals surface area (Å²) in [5.41, 5.74) is 2.13. The second kappa shape index (κ2) is 16.4. The molecule has 1 atom stereocenters. The van der Waals surface area contributed by atoms with Crippen molar-refractivity contribution in [3.05, 3.63) is 83.9 Å². The van der Waals surface area contributed by atoms with Crippen LogP contribution in [0.5, 0.6) is 5.75 Å². The SMILES string of the molecule is CCCCNC(=O)[C@H](CC)N(Cc1cccc(C)c1)C(=O)CN(c1ccccc1OCC)S(=O)(=O)c1ccc(SC)cc1. The van der Waals surface area contributed by atoms with Crippen LogP contribution in [-0.4, -0.2) is 57.1 Å². The van der Waals surface area contributed by atoms with Crippen LogP contribution in [0.1, 0.15) is 51.2 Å². The second-order valence-corrected chi connectivity index (χ2v) is 12.9. The number of nitrogens with zero attached hydrogens (tertiary/aromatic N) is 2. The molecule has 3 aromatic rings. The van der Waals surface area contributed by atoms with Gasteiger partial charge in [-0.2, -0.15) is 0 Å². The molecule has 0 radical (unpaired) electrons. The molecule has 8 nitrogen and oxygen atoms in total. The molecule has 3 aromatic carbocycles. The van der Waals surface area contributed by atoms with Crippen molar-refractivity contribution in [1.29, 1.82) is 0 Å². The van der Waals surface area contributed by atoms with Gasteiger partial charge in [0.1, 0.15) is 18.3 Å². The molecule has 0 saturated carbocycles. The van der Waals surface area contributed by atoms with Gasteiger partial charge >= 0.3 is 0 Å². The fourth-order valence-electron chi connectivity index (χ4n) is 4.76. The van der Waals surface area contributed by atoms with E-state index in [1.807, 2.05) is 58.2 Å². The van der Waals surface area contributed by atoms with E-state index in [4.69, 9.17) is 4.74 Å². The van der Waals surface area contributed by atoms with E-state index in [2.05, 4.69) is 5.32 Å². The molecule has 0 aromatic heterocycles. The van der Waals surface area contributed by atoms with Crippen LogP contribution in [0.2, 0.25) is 0 Å². The van der Waals surface area contributed by atoms with Gasteiger partial charge in [0.05, 0.1) is 17.2 Å². The average molecular weight is 626 g/mol. The number of amides is 2. The maximum Gasteiger partial charge on any atom is 0.264 e. The Morgan fingerprint density at radius 3 is 2.33 bits per heavy atom. The van der Waals surface area contributed by atoms with Gasteiger partial charge in [-0.3, -0.25) is 13.9 Å². The number of benzene rings is 3. The van der Waals surface area contributed by atoms with Crippen molar-refractivity contribution < 1.29 is 22.7 Å². The number of carbonyl (C=O) groups excluding carboxylic acids is 2. The highest BCUT2D eigenvalue weighted by molar-refractivity contribution is 7.98. The zero-order valence-corrected chi connectivity index (χ0v) is 27.3. The molecule has 10 heteroatoms. The first kappa shape index (κ1) is 34.0. The zero-order chi connectivity index (χ0) is 31.4. The van der Waals surface area contributed by atoms with E-state index in [0.717, 1.165) is 33.2 Å². The van der Waals surface area contributed by atoms with Crippen LogP contribution in [0, 0.1) is 6.92 Å². The van der Waals surface area contributed by atoms with Gasteiger partial charge in [-0.25, -0.2) is 8.42 Å². The summed E-state index contributed by atoms with van der Waals surface area (Å²) >= 11 is 1.51. The van der Waals surface area contributed by atoms with Gasteiger partial charge in [-0.1, -0.05) is 62.2 Å². The Morgan fingerprint density at radius 2 is 1.70 bits per heavy atom. The molecule has 0 aliphatic carbocycles. The molecule has 0 unspecified atom stereocenters. The number of carbonyl (C=O) groups is 2. The molecular formula is C33H43N3O5S2. The summed E-state index contributed by atoms with van der Waals surface area (Å²) in [6, 6.07) is 20.3. The predicted molar refractivity (Wildman–Crippen MR) is 174 cm³/mol. The quantitative estimate of drug-likeness (QED) is 0.154. The van der Waals surface area contributed by atoms with Crippen molar-refractivity contribution in [1.82, 2.24) is 10.2 Å². The highest BCUT2D eigenvalue weighted by Crippen LogP contribution is 2.33. The minimum atomic E-state index is -4.20. The summed E-state index contributed by atoms with van der Waals surface area (Å²) in [6.07, 6.45) is 4.03. The highest BCUT2D eigenvalue weighted by atomic mass is 32.2. The number of sulfonamides is 1.